The van der Waals surface area contributed by atoms with Crippen molar-refractivity contribution in [2.45, 2.75) is 39.9 Å². The van der Waals surface area contributed by atoms with E-state index in [0.29, 0.717) is 6.04 Å². The largest absolute Gasteiger partial charge is 0.305 e. The molecule has 108 valence electrons. The molecule has 2 heterocycles. The summed E-state index contributed by atoms with van der Waals surface area (Å²) in [5, 5.41) is 4.25. The van der Waals surface area contributed by atoms with Crippen molar-refractivity contribution in [3.8, 4) is 0 Å². The van der Waals surface area contributed by atoms with Crippen molar-refractivity contribution in [1.82, 2.24) is 24.6 Å². The Morgan fingerprint density at radius 3 is 2.63 bits per heavy atom. The fourth-order valence-electron chi connectivity index (χ4n) is 3.10. The maximum absolute atomic E-state index is 4.39. The number of likely N-dealkylation sites (N-methyl/N-ethyl adjacent to an activating group) is 1. The van der Waals surface area contributed by atoms with Gasteiger partial charge < -0.3 is 4.90 Å². The highest BCUT2D eigenvalue weighted by atomic mass is 15.4. The number of aryl methyl sites for hydroxylation is 1. The molecular weight excluding hydrogens is 238 g/mol. The summed E-state index contributed by atoms with van der Waals surface area (Å²) in [4.78, 5) is 9.28. The normalized spacial score (nSPS) is 24.8. The van der Waals surface area contributed by atoms with Gasteiger partial charge in [0.15, 0.2) is 0 Å². The quantitative estimate of drug-likeness (QED) is 0.804. The van der Waals surface area contributed by atoms with Gasteiger partial charge in [-0.15, -0.1) is 0 Å². The summed E-state index contributed by atoms with van der Waals surface area (Å²) < 4.78 is 1.99. The molecule has 0 radical (unpaired) electrons. The SMILES string of the molecule is CCn1ncnc1CN1C[C@H](C(C)C)[C@@H](N(C)C)C1. The second kappa shape index (κ2) is 6.01. The summed E-state index contributed by atoms with van der Waals surface area (Å²) in [6, 6.07) is 0.651. The molecule has 0 amide bonds. The van der Waals surface area contributed by atoms with E-state index in [4.69, 9.17) is 0 Å². The molecule has 0 spiro atoms. The maximum Gasteiger partial charge on any atom is 0.140 e. The van der Waals surface area contributed by atoms with Gasteiger partial charge in [0.05, 0.1) is 6.54 Å². The predicted molar refractivity (Wildman–Crippen MR) is 76.8 cm³/mol. The summed E-state index contributed by atoms with van der Waals surface area (Å²) >= 11 is 0. The highest BCUT2D eigenvalue weighted by molar-refractivity contribution is 4.94. The topological polar surface area (TPSA) is 37.2 Å². The van der Waals surface area contributed by atoms with E-state index in [9.17, 15) is 0 Å². The van der Waals surface area contributed by atoms with Crippen molar-refractivity contribution in [1.29, 1.82) is 0 Å². The molecule has 2 atom stereocenters. The van der Waals surface area contributed by atoms with E-state index in [1.165, 1.54) is 0 Å². The van der Waals surface area contributed by atoms with Crippen molar-refractivity contribution in [3.63, 3.8) is 0 Å². The minimum absolute atomic E-state index is 0.651. The average molecular weight is 265 g/mol. The maximum atomic E-state index is 4.39. The monoisotopic (exact) mass is 265 g/mol. The Labute approximate surface area is 116 Å². The molecule has 5 nitrogen and oxygen atoms in total. The van der Waals surface area contributed by atoms with Crippen LogP contribution in [0.15, 0.2) is 6.33 Å². The van der Waals surface area contributed by atoms with Crippen LogP contribution in [-0.2, 0) is 13.1 Å². The van der Waals surface area contributed by atoms with Gasteiger partial charge in [-0.25, -0.2) is 9.67 Å². The lowest BCUT2D eigenvalue weighted by molar-refractivity contribution is 0.215. The Hall–Kier alpha value is -0.940. The molecule has 0 N–H and O–H groups in total. The van der Waals surface area contributed by atoms with Gasteiger partial charge in [0, 0.05) is 25.7 Å². The van der Waals surface area contributed by atoms with E-state index in [2.05, 4.69) is 54.7 Å². The highest BCUT2D eigenvalue weighted by Gasteiger charge is 2.36. The van der Waals surface area contributed by atoms with Crippen LogP contribution >= 0.6 is 0 Å². The van der Waals surface area contributed by atoms with Gasteiger partial charge in [0.2, 0.25) is 0 Å². The first-order valence-corrected chi connectivity index (χ1v) is 7.28. The zero-order valence-electron chi connectivity index (χ0n) is 12.9. The standard InChI is InChI=1S/C14H27N5/c1-6-19-14(15-10-16-19)9-18-7-12(11(2)3)13(8-18)17(4)5/h10-13H,6-9H2,1-5H3/t12-,13+/m1/s1. The van der Waals surface area contributed by atoms with E-state index >= 15 is 0 Å². The lowest BCUT2D eigenvalue weighted by atomic mass is 9.91. The third kappa shape index (κ3) is 3.15. The molecule has 0 aliphatic carbocycles. The number of rotatable bonds is 5. The minimum atomic E-state index is 0.651. The van der Waals surface area contributed by atoms with Crippen LogP contribution in [0.2, 0.25) is 0 Å². The summed E-state index contributed by atoms with van der Waals surface area (Å²) in [5.74, 6) is 2.55. The molecule has 5 heteroatoms. The Kier molecular flexibility index (Phi) is 4.58. The Morgan fingerprint density at radius 2 is 2.11 bits per heavy atom. The average Bonchev–Trinajstić information content (AvgIpc) is 2.95. The zero-order valence-corrected chi connectivity index (χ0v) is 12.9. The molecule has 1 aromatic rings. The van der Waals surface area contributed by atoms with Gasteiger partial charge in [-0.3, -0.25) is 4.90 Å². The smallest absolute Gasteiger partial charge is 0.140 e. The van der Waals surface area contributed by atoms with Crippen LogP contribution in [0, 0.1) is 11.8 Å². The van der Waals surface area contributed by atoms with E-state index < -0.39 is 0 Å². The number of hydrogen-bond acceptors (Lipinski definition) is 4. The molecule has 0 aromatic carbocycles. The molecule has 1 fully saturated rings. The van der Waals surface area contributed by atoms with Gasteiger partial charge in [0.25, 0.3) is 0 Å². The Bertz CT molecular complexity index is 382. The molecule has 2 rings (SSSR count). The van der Waals surface area contributed by atoms with Gasteiger partial charge in [0.1, 0.15) is 12.2 Å². The number of nitrogens with zero attached hydrogens (tertiary/aromatic N) is 5. The Balaban J connectivity index is 2.03. The van der Waals surface area contributed by atoms with E-state index in [0.717, 1.165) is 43.8 Å². The van der Waals surface area contributed by atoms with Crippen molar-refractivity contribution in [2.24, 2.45) is 11.8 Å². The summed E-state index contributed by atoms with van der Waals surface area (Å²) in [7, 11) is 4.39. The van der Waals surface area contributed by atoms with Crippen molar-refractivity contribution in [2.75, 3.05) is 27.2 Å². The fraction of sp³-hybridized carbons (Fsp3) is 0.857. The van der Waals surface area contributed by atoms with Crippen LogP contribution in [0.3, 0.4) is 0 Å². The van der Waals surface area contributed by atoms with Gasteiger partial charge in [-0.05, 0) is 32.9 Å². The van der Waals surface area contributed by atoms with Crippen LogP contribution in [0.4, 0.5) is 0 Å². The lowest BCUT2D eigenvalue weighted by Crippen LogP contribution is -2.37. The van der Waals surface area contributed by atoms with Gasteiger partial charge in [-0.2, -0.15) is 5.10 Å². The lowest BCUT2D eigenvalue weighted by Gasteiger charge is -2.27. The van der Waals surface area contributed by atoms with E-state index in [1.54, 1.807) is 6.33 Å². The first-order chi connectivity index (χ1) is 9.02. The third-order valence-corrected chi connectivity index (χ3v) is 4.29. The number of likely N-dealkylation sites (tertiary alicyclic amines) is 1. The second-order valence-corrected chi connectivity index (χ2v) is 6.12. The van der Waals surface area contributed by atoms with Crippen molar-refractivity contribution in [3.05, 3.63) is 12.2 Å². The molecule has 1 aromatic heterocycles. The van der Waals surface area contributed by atoms with Crippen molar-refractivity contribution < 1.29 is 0 Å². The summed E-state index contributed by atoms with van der Waals surface area (Å²) in [6.07, 6.45) is 1.66. The number of hydrogen-bond donors (Lipinski definition) is 0. The third-order valence-electron chi connectivity index (χ3n) is 4.29. The molecule has 0 bridgehead atoms. The zero-order chi connectivity index (χ0) is 14.0. The van der Waals surface area contributed by atoms with Crippen LogP contribution in [0.5, 0.6) is 0 Å². The highest BCUT2D eigenvalue weighted by Crippen LogP contribution is 2.27. The second-order valence-electron chi connectivity index (χ2n) is 6.12. The molecule has 0 unspecified atom stereocenters. The van der Waals surface area contributed by atoms with E-state index in [1.807, 2.05) is 4.68 Å². The minimum Gasteiger partial charge on any atom is -0.305 e. The molecule has 19 heavy (non-hydrogen) atoms. The van der Waals surface area contributed by atoms with E-state index in [-0.39, 0.29) is 0 Å². The van der Waals surface area contributed by atoms with Gasteiger partial charge >= 0.3 is 0 Å². The molecular formula is C14H27N5. The molecule has 1 aliphatic rings. The van der Waals surface area contributed by atoms with Gasteiger partial charge in [-0.1, -0.05) is 13.8 Å². The molecule has 1 saturated heterocycles. The number of aromatic nitrogens is 3. The van der Waals surface area contributed by atoms with Crippen LogP contribution in [0.25, 0.3) is 0 Å². The predicted octanol–water partition coefficient (Wildman–Crippen LogP) is 1.32. The first kappa shape index (κ1) is 14.5. The van der Waals surface area contributed by atoms with Crippen LogP contribution in [-0.4, -0.2) is 57.8 Å². The molecule has 0 saturated carbocycles. The first-order valence-electron chi connectivity index (χ1n) is 7.28. The van der Waals surface area contributed by atoms with Crippen molar-refractivity contribution >= 4 is 0 Å². The molecule has 1 aliphatic heterocycles. The van der Waals surface area contributed by atoms with Crippen LogP contribution < -0.4 is 0 Å². The van der Waals surface area contributed by atoms with Crippen LogP contribution in [0.1, 0.15) is 26.6 Å². The fourth-order valence-corrected chi connectivity index (χ4v) is 3.10. The summed E-state index contributed by atoms with van der Waals surface area (Å²) in [6.45, 7) is 10.9. The summed E-state index contributed by atoms with van der Waals surface area (Å²) in [5.41, 5.74) is 0. The Morgan fingerprint density at radius 1 is 1.37 bits per heavy atom.